The number of nitrogens with two attached hydrogens (primary N) is 1. The number of hydrogen-bond donors (Lipinski definition) is 1. The van der Waals surface area contributed by atoms with Gasteiger partial charge in [0.05, 0.1) is 11.1 Å². The first-order chi connectivity index (χ1) is 11.9. The number of benzene rings is 1. The maximum absolute atomic E-state index is 13.1. The summed E-state index contributed by atoms with van der Waals surface area (Å²) < 4.78 is 0. The summed E-state index contributed by atoms with van der Waals surface area (Å²) in [6.45, 7) is 4.85. The molecule has 1 atom stereocenters. The molecule has 1 aliphatic carbocycles. The molecule has 1 saturated carbocycles. The van der Waals surface area contributed by atoms with Gasteiger partial charge in [-0.3, -0.25) is 9.78 Å². The van der Waals surface area contributed by atoms with Crippen LogP contribution in [0.5, 0.6) is 0 Å². The molecule has 4 nitrogen and oxygen atoms in total. The molecule has 0 radical (unpaired) electrons. The lowest BCUT2D eigenvalue weighted by molar-refractivity contribution is 0.0791. The van der Waals surface area contributed by atoms with Crippen LogP contribution in [-0.2, 0) is 0 Å². The van der Waals surface area contributed by atoms with Crippen molar-refractivity contribution in [1.82, 2.24) is 9.88 Å². The number of pyridine rings is 1. The van der Waals surface area contributed by atoms with E-state index in [-0.39, 0.29) is 36.8 Å². The van der Waals surface area contributed by atoms with Crippen molar-refractivity contribution in [3.63, 3.8) is 0 Å². The topological polar surface area (TPSA) is 59.2 Å². The highest BCUT2D eigenvalue weighted by atomic mass is 35.5. The predicted octanol–water partition coefficient (Wildman–Crippen LogP) is 5.05. The molecular weight excluding hydrogens is 405 g/mol. The lowest BCUT2D eigenvalue weighted by Crippen LogP contribution is -2.34. The van der Waals surface area contributed by atoms with Gasteiger partial charge in [0.1, 0.15) is 0 Å². The monoisotopic (exact) mass is 431 g/mol. The highest BCUT2D eigenvalue weighted by molar-refractivity contribution is 6.31. The van der Waals surface area contributed by atoms with Crippen molar-refractivity contribution in [3.05, 3.63) is 40.5 Å². The molecule has 27 heavy (non-hydrogen) atoms. The van der Waals surface area contributed by atoms with Crippen molar-refractivity contribution >= 4 is 53.2 Å². The van der Waals surface area contributed by atoms with Gasteiger partial charge in [0.15, 0.2) is 0 Å². The molecule has 0 bridgehead atoms. The van der Waals surface area contributed by atoms with Gasteiger partial charge in [0.2, 0.25) is 0 Å². The van der Waals surface area contributed by atoms with E-state index >= 15 is 0 Å². The Bertz CT molecular complexity index is 793. The van der Waals surface area contributed by atoms with Crippen molar-refractivity contribution < 1.29 is 4.79 Å². The average Bonchev–Trinajstić information content (AvgIpc) is 3.42. The van der Waals surface area contributed by atoms with Gasteiger partial charge in [0.25, 0.3) is 5.91 Å². The van der Waals surface area contributed by atoms with Crippen LogP contribution in [0.25, 0.3) is 10.9 Å². The van der Waals surface area contributed by atoms with E-state index in [0.717, 1.165) is 35.9 Å². The van der Waals surface area contributed by atoms with Crippen LogP contribution in [-0.4, -0.2) is 35.4 Å². The quantitative estimate of drug-likeness (QED) is 0.694. The van der Waals surface area contributed by atoms with Crippen LogP contribution in [0.4, 0.5) is 0 Å². The second-order valence-electron chi connectivity index (χ2n) is 7.45. The van der Waals surface area contributed by atoms with Gasteiger partial charge in [-0.15, -0.1) is 24.8 Å². The number of amides is 1. The average molecular weight is 433 g/mol. The summed E-state index contributed by atoms with van der Waals surface area (Å²) >= 11 is 6.16. The van der Waals surface area contributed by atoms with E-state index in [1.807, 2.05) is 31.3 Å². The highest BCUT2D eigenvalue weighted by Gasteiger charge is 2.27. The number of aromatic nitrogens is 1. The molecule has 150 valence electrons. The van der Waals surface area contributed by atoms with Crippen LogP contribution in [0.15, 0.2) is 24.3 Å². The van der Waals surface area contributed by atoms with E-state index in [1.54, 1.807) is 4.90 Å². The van der Waals surface area contributed by atoms with Crippen molar-refractivity contribution in [2.24, 2.45) is 11.7 Å². The second kappa shape index (κ2) is 9.92. The summed E-state index contributed by atoms with van der Waals surface area (Å²) in [4.78, 5) is 19.5. The Labute approximate surface area is 178 Å². The smallest absolute Gasteiger partial charge is 0.254 e. The van der Waals surface area contributed by atoms with E-state index in [0.29, 0.717) is 29.0 Å². The fraction of sp³-hybridized carbons (Fsp3) is 0.500. The van der Waals surface area contributed by atoms with Gasteiger partial charge in [-0.1, -0.05) is 25.4 Å². The van der Waals surface area contributed by atoms with Gasteiger partial charge in [-0.2, -0.15) is 0 Å². The van der Waals surface area contributed by atoms with Gasteiger partial charge >= 0.3 is 0 Å². The largest absolute Gasteiger partial charge is 0.342 e. The Kier molecular flexibility index (Phi) is 8.81. The molecular formula is C20H28Cl3N3O. The number of fused-ring (bicyclic) bond motifs is 1. The van der Waals surface area contributed by atoms with Crippen LogP contribution in [0.2, 0.25) is 5.02 Å². The Morgan fingerprint density at radius 2 is 1.96 bits per heavy atom. The predicted molar refractivity (Wildman–Crippen MR) is 118 cm³/mol. The molecule has 3 rings (SSSR count). The van der Waals surface area contributed by atoms with Crippen LogP contribution in [0, 0.1) is 5.92 Å². The van der Waals surface area contributed by atoms with Crippen LogP contribution < -0.4 is 5.73 Å². The molecule has 1 aromatic carbocycles. The first-order valence-electron chi connectivity index (χ1n) is 8.98. The van der Waals surface area contributed by atoms with E-state index in [1.165, 1.54) is 0 Å². The van der Waals surface area contributed by atoms with E-state index in [4.69, 9.17) is 22.3 Å². The zero-order chi connectivity index (χ0) is 18.1. The van der Waals surface area contributed by atoms with Crippen LogP contribution >= 0.6 is 36.4 Å². The molecule has 1 aliphatic rings. The van der Waals surface area contributed by atoms with Gasteiger partial charge in [-0.05, 0) is 49.4 Å². The van der Waals surface area contributed by atoms with Gasteiger partial charge < -0.3 is 10.6 Å². The third-order valence-electron chi connectivity index (χ3n) is 5.02. The summed E-state index contributed by atoms with van der Waals surface area (Å²) in [6, 6.07) is 7.61. The minimum atomic E-state index is 0. The fourth-order valence-electron chi connectivity index (χ4n) is 2.97. The number of nitrogens with zero attached hydrogens (tertiary/aromatic N) is 2. The number of rotatable bonds is 6. The number of carbonyl (C=O) groups is 1. The zero-order valence-corrected chi connectivity index (χ0v) is 18.3. The molecule has 1 fully saturated rings. The number of halogens is 3. The molecule has 1 aromatic heterocycles. The molecule has 2 aromatic rings. The molecule has 7 heteroatoms. The van der Waals surface area contributed by atoms with Crippen molar-refractivity contribution in [2.75, 3.05) is 13.6 Å². The Morgan fingerprint density at radius 1 is 1.30 bits per heavy atom. The molecule has 2 N–H and O–H groups in total. The first-order valence-corrected chi connectivity index (χ1v) is 9.36. The van der Waals surface area contributed by atoms with E-state index in [9.17, 15) is 4.79 Å². The molecule has 0 spiro atoms. The number of hydrogen-bond acceptors (Lipinski definition) is 3. The maximum Gasteiger partial charge on any atom is 0.254 e. The third kappa shape index (κ3) is 5.71. The van der Waals surface area contributed by atoms with Crippen molar-refractivity contribution in [1.29, 1.82) is 0 Å². The van der Waals surface area contributed by atoms with Crippen molar-refractivity contribution in [2.45, 2.75) is 45.1 Å². The fourth-order valence-corrected chi connectivity index (χ4v) is 3.14. The highest BCUT2D eigenvalue weighted by Crippen LogP contribution is 2.40. The van der Waals surface area contributed by atoms with Gasteiger partial charge in [0, 0.05) is 41.7 Å². The lowest BCUT2D eigenvalue weighted by Gasteiger charge is -2.22. The molecule has 1 heterocycles. The maximum atomic E-state index is 13.1. The summed E-state index contributed by atoms with van der Waals surface area (Å²) in [5.74, 6) is 0.907. The van der Waals surface area contributed by atoms with E-state index < -0.39 is 0 Å². The lowest BCUT2D eigenvalue weighted by atomic mass is 10.0. The Hall–Kier alpha value is -1.07. The molecule has 1 unspecified atom stereocenters. The third-order valence-corrected chi connectivity index (χ3v) is 5.25. The van der Waals surface area contributed by atoms with Gasteiger partial charge in [-0.25, -0.2) is 0 Å². The summed E-state index contributed by atoms with van der Waals surface area (Å²) in [5.41, 5.74) is 8.67. The standard InChI is InChI=1S/C20H26ClN3O.2ClH/c1-12(2)17(22)8-9-24(3)20(25)16-11-19(13-4-5-13)23-18-7-6-14(21)10-15(16)18;;/h6-7,10-13,17H,4-5,8-9,22H2,1-3H3;2*1H. The minimum Gasteiger partial charge on any atom is -0.342 e. The zero-order valence-electron chi connectivity index (χ0n) is 15.9. The normalized spacial score (nSPS) is 14.4. The Morgan fingerprint density at radius 3 is 2.56 bits per heavy atom. The first kappa shape index (κ1) is 24.0. The molecule has 0 aliphatic heterocycles. The van der Waals surface area contributed by atoms with Crippen LogP contribution in [0.3, 0.4) is 0 Å². The molecule has 1 amide bonds. The molecule has 0 saturated heterocycles. The Balaban J connectivity index is 0.00000182. The van der Waals surface area contributed by atoms with E-state index in [2.05, 4.69) is 13.8 Å². The number of carbonyl (C=O) groups excluding carboxylic acids is 1. The summed E-state index contributed by atoms with van der Waals surface area (Å²) in [5, 5.41) is 1.44. The SMILES string of the molecule is CC(C)C(N)CCN(C)C(=O)c1cc(C2CC2)nc2ccc(Cl)cc12.Cl.Cl. The van der Waals surface area contributed by atoms with Crippen molar-refractivity contribution in [3.8, 4) is 0 Å². The minimum absolute atomic E-state index is 0. The summed E-state index contributed by atoms with van der Waals surface area (Å²) in [6.07, 6.45) is 3.09. The van der Waals surface area contributed by atoms with Crippen LogP contribution in [0.1, 0.15) is 55.1 Å². The second-order valence-corrected chi connectivity index (χ2v) is 7.89. The summed E-state index contributed by atoms with van der Waals surface area (Å²) in [7, 11) is 1.84.